The number of benzene rings is 3. The van der Waals surface area contributed by atoms with E-state index < -0.39 is 0 Å². The highest BCUT2D eigenvalue weighted by atomic mass is 16.5. The van der Waals surface area contributed by atoms with Gasteiger partial charge >= 0.3 is 0 Å². The monoisotopic (exact) mass is 405 g/mol. The third-order valence-corrected chi connectivity index (χ3v) is 4.99. The lowest BCUT2D eigenvalue weighted by Gasteiger charge is -2.09. The minimum absolute atomic E-state index is 0.757. The molecule has 0 unspecified atom stereocenters. The maximum Gasteiger partial charge on any atom is 0.248 e. The summed E-state index contributed by atoms with van der Waals surface area (Å²) in [5, 5.41) is 0. The molecule has 0 spiro atoms. The van der Waals surface area contributed by atoms with Crippen molar-refractivity contribution in [3.05, 3.63) is 110 Å². The van der Waals surface area contributed by atoms with Crippen LogP contribution in [0.3, 0.4) is 0 Å². The molecule has 0 radical (unpaired) electrons. The molecule has 0 bridgehead atoms. The lowest BCUT2D eigenvalue weighted by molar-refractivity contribution is -0.670. The first-order valence-corrected chi connectivity index (χ1v) is 10.0. The quantitative estimate of drug-likeness (QED) is 0.377. The van der Waals surface area contributed by atoms with Crippen molar-refractivity contribution in [2.45, 2.75) is 0 Å². The zero-order valence-corrected chi connectivity index (χ0v) is 17.1. The Kier molecular flexibility index (Phi) is 4.99. The Morgan fingerprint density at radius 3 is 2.23 bits per heavy atom. The van der Waals surface area contributed by atoms with Crippen molar-refractivity contribution >= 4 is 0 Å². The summed E-state index contributed by atoms with van der Waals surface area (Å²) < 4.78 is 10.2. The van der Waals surface area contributed by atoms with Crippen LogP contribution >= 0.6 is 0 Å². The summed E-state index contributed by atoms with van der Waals surface area (Å²) in [6.45, 7) is 0. The van der Waals surface area contributed by atoms with Crippen LogP contribution in [0, 0.1) is 0 Å². The SMILES string of the molecule is C[n+]1ccn(-c2cccc(Oc3cccc(-c4cc(-c5ccccc5)ncn4)c3)c2)c1. The Balaban J connectivity index is 1.42. The second kappa shape index (κ2) is 8.24. The van der Waals surface area contributed by atoms with Gasteiger partial charge in [-0.15, -0.1) is 0 Å². The Morgan fingerprint density at radius 1 is 0.742 bits per heavy atom. The molecule has 0 aliphatic heterocycles. The third-order valence-electron chi connectivity index (χ3n) is 4.99. The van der Waals surface area contributed by atoms with Crippen LogP contribution < -0.4 is 9.30 Å². The van der Waals surface area contributed by atoms with Crippen LogP contribution in [0.25, 0.3) is 28.2 Å². The molecule has 5 heteroatoms. The van der Waals surface area contributed by atoms with Crippen LogP contribution in [0.4, 0.5) is 0 Å². The molecule has 5 aromatic rings. The molecule has 0 fully saturated rings. The number of aryl methyl sites for hydroxylation is 1. The van der Waals surface area contributed by atoms with Gasteiger partial charge in [0.25, 0.3) is 0 Å². The highest BCUT2D eigenvalue weighted by Gasteiger charge is 2.08. The van der Waals surface area contributed by atoms with Gasteiger partial charge in [0.1, 0.15) is 35.9 Å². The van der Waals surface area contributed by atoms with E-state index in [1.807, 2.05) is 109 Å². The average molecular weight is 405 g/mol. The first kappa shape index (κ1) is 18.8. The van der Waals surface area contributed by atoms with Crippen molar-refractivity contribution < 1.29 is 9.30 Å². The molecule has 2 aromatic heterocycles. The molecule has 150 valence electrons. The van der Waals surface area contributed by atoms with E-state index >= 15 is 0 Å². The van der Waals surface area contributed by atoms with Crippen LogP contribution in [-0.2, 0) is 7.05 Å². The van der Waals surface area contributed by atoms with Crippen molar-refractivity contribution in [3.63, 3.8) is 0 Å². The van der Waals surface area contributed by atoms with Gasteiger partial charge in [0.05, 0.1) is 18.4 Å². The fraction of sp³-hybridized carbons (Fsp3) is 0.0385. The van der Waals surface area contributed by atoms with Gasteiger partial charge in [-0.1, -0.05) is 48.5 Å². The minimum Gasteiger partial charge on any atom is -0.457 e. The molecule has 0 amide bonds. The maximum absolute atomic E-state index is 6.16. The normalized spacial score (nSPS) is 10.7. The van der Waals surface area contributed by atoms with E-state index in [-0.39, 0.29) is 0 Å². The van der Waals surface area contributed by atoms with E-state index in [2.05, 4.69) is 20.6 Å². The second-order valence-corrected chi connectivity index (χ2v) is 7.27. The van der Waals surface area contributed by atoms with Gasteiger partial charge in [-0.3, -0.25) is 0 Å². The Hall–Kier alpha value is -4.25. The van der Waals surface area contributed by atoms with Gasteiger partial charge < -0.3 is 4.74 Å². The van der Waals surface area contributed by atoms with E-state index in [0.717, 1.165) is 39.7 Å². The van der Waals surface area contributed by atoms with Crippen LogP contribution in [0.5, 0.6) is 11.5 Å². The fourth-order valence-electron chi connectivity index (χ4n) is 3.45. The number of rotatable bonds is 5. The summed E-state index contributed by atoms with van der Waals surface area (Å²) >= 11 is 0. The summed E-state index contributed by atoms with van der Waals surface area (Å²) in [6, 6.07) is 28.1. The Bertz CT molecular complexity index is 1330. The van der Waals surface area contributed by atoms with Gasteiger partial charge in [-0.05, 0) is 30.3 Å². The Labute approximate surface area is 180 Å². The van der Waals surface area contributed by atoms with Crippen LogP contribution in [-0.4, -0.2) is 14.5 Å². The predicted octanol–water partition coefficient (Wildman–Crippen LogP) is 5.22. The minimum atomic E-state index is 0.757. The molecule has 5 nitrogen and oxygen atoms in total. The molecule has 5 rings (SSSR count). The van der Waals surface area contributed by atoms with Crippen molar-refractivity contribution in [3.8, 4) is 39.7 Å². The number of imidazole rings is 1. The first-order chi connectivity index (χ1) is 15.2. The molecule has 2 heterocycles. The van der Waals surface area contributed by atoms with Crippen LogP contribution in [0.2, 0.25) is 0 Å². The highest BCUT2D eigenvalue weighted by molar-refractivity contribution is 5.68. The van der Waals surface area contributed by atoms with Crippen LogP contribution in [0.15, 0.2) is 110 Å². The number of aromatic nitrogens is 4. The summed E-state index contributed by atoms with van der Waals surface area (Å²) in [4.78, 5) is 8.89. The highest BCUT2D eigenvalue weighted by Crippen LogP contribution is 2.29. The van der Waals surface area contributed by atoms with E-state index in [4.69, 9.17) is 4.74 Å². The number of nitrogens with zero attached hydrogens (tertiary/aromatic N) is 4. The zero-order valence-electron chi connectivity index (χ0n) is 17.1. The van der Waals surface area contributed by atoms with Gasteiger partial charge in [-0.2, -0.15) is 0 Å². The van der Waals surface area contributed by atoms with Crippen molar-refractivity contribution in [1.29, 1.82) is 0 Å². The van der Waals surface area contributed by atoms with Crippen molar-refractivity contribution in [2.24, 2.45) is 7.05 Å². The summed E-state index contributed by atoms with van der Waals surface area (Å²) in [5.74, 6) is 1.53. The smallest absolute Gasteiger partial charge is 0.248 e. The first-order valence-electron chi connectivity index (χ1n) is 10.0. The maximum atomic E-state index is 6.16. The summed E-state index contributed by atoms with van der Waals surface area (Å²) in [6.07, 6.45) is 7.63. The van der Waals surface area contributed by atoms with Crippen molar-refractivity contribution in [1.82, 2.24) is 14.5 Å². The number of hydrogen-bond donors (Lipinski definition) is 0. The molecule has 31 heavy (non-hydrogen) atoms. The van der Waals surface area contributed by atoms with Gasteiger partial charge in [0.2, 0.25) is 6.33 Å². The molecule has 0 N–H and O–H groups in total. The largest absolute Gasteiger partial charge is 0.457 e. The predicted molar refractivity (Wildman–Crippen MR) is 120 cm³/mol. The van der Waals surface area contributed by atoms with Crippen molar-refractivity contribution in [2.75, 3.05) is 0 Å². The molecule has 0 aliphatic carbocycles. The lowest BCUT2D eigenvalue weighted by atomic mass is 10.1. The standard InChI is InChI=1S/C26H21N4O/c1-29-13-14-30(19-29)22-10-6-12-24(16-22)31-23-11-5-9-21(15-23)26-17-25(27-18-28-26)20-7-3-2-4-8-20/h2-19H,1H3/q+1. The molecule has 0 saturated carbocycles. The summed E-state index contributed by atoms with van der Waals surface area (Å²) in [5.41, 5.74) is 4.83. The molecule has 3 aromatic carbocycles. The fourth-order valence-corrected chi connectivity index (χ4v) is 3.45. The van der Waals surface area contributed by atoms with E-state index in [1.54, 1.807) is 6.33 Å². The van der Waals surface area contributed by atoms with E-state index in [0.29, 0.717) is 0 Å². The molecular formula is C26H21N4O+. The third kappa shape index (κ3) is 4.21. The molecule has 0 aliphatic rings. The number of ether oxygens (including phenoxy) is 1. The topological polar surface area (TPSA) is 43.8 Å². The number of hydrogen-bond acceptors (Lipinski definition) is 3. The summed E-state index contributed by atoms with van der Waals surface area (Å²) in [7, 11) is 2.00. The zero-order chi connectivity index (χ0) is 21.0. The van der Waals surface area contributed by atoms with E-state index in [1.165, 1.54) is 0 Å². The second-order valence-electron chi connectivity index (χ2n) is 7.27. The Morgan fingerprint density at radius 2 is 1.45 bits per heavy atom. The molecule has 0 atom stereocenters. The molecular weight excluding hydrogens is 384 g/mol. The van der Waals surface area contributed by atoms with Gasteiger partial charge in [0.15, 0.2) is 0 Å². The lowest BCUT2D eigenvalue weighted by Crippen LogP contribution is -2.23. The molecule has 0 saturated heterocycles. The van der Waals surface area contributed by atoms with Gasteiger partial charge in [0, 0.05) is 17.2 Å². The average Bonchev–Trinajstić information content (AvgIpc) is 3.26. The van der Waals surface area contributed by atoms with Gasteiger partial charge in [-0.25, -0.2) is 19.1 Å². The van der Waals surface area contributed by atoms with Crippen LogP contribution in [0.1, 0.15) is 0 Å². The van der Waals surface area contributed by atoms with E-state index in [9.17, 15) is 0 Å².